The Kier molecular flexibility index (Phi) is 6.20. The summed E-state index contributed by atoms with van der Waals surface area (Å²) in [6.45, 7) is 6.37. The average molecular weight is 318 g/mol. The van der Waals surface area contributed by atoms with E-state index >= 15 is 0 Å². The monoisotopic (exact) mass is 318 g/mol. The molecule has 0 spiro atoms. The van der Waals surface area contributed by atoms with Crippen molar-refractivity contribution in [3.8, 4) is 5.75 Å². The molecule has 0 N–H and O–H groups in total. The number of aryl methyl sites for hydroxylation is 2. The second kappa shape index (κ2) is 8.14. The highest BCUT2D eigenvalue weighted by molar-refractivity contribution is 5.83. The zero-order chi connectivity index (χ0) is 16.8. The molecule has 0 radical (unpaired) electrons. The van der Waals surface area contributed by atoms with Gasteiger partial charge in [-0.2, -0.15) is 0 Å². The van der Waals surface area contributed by atoms with Crippen molar-refractivity contribution in [1.82, 2.24) is 0 Å². The summed E-state index contributed by atoms with van der Waals surface area (Å²) in [6.07, 6.45) is 4.09. The molecule has 1 aliphatic carbocycles. The Morgan fingerprint density at radius 3 is 2.30 bits per heavy atom. The minimum absolute atomic E-state index is 0.256. The van der Waals surface area contributed by atoms with Crippen LogP contribution in [-0.2, 0) is 14.3 Å². The van der Waals surface area contributed by atoms with Crippen LogP contribution in [0.1, 0.15) is 50.2 Å². The minimum atomic E-state index is -0.394. The number of carbonyl (C=O) groups is 2. The van der Waals surface area contributed by atoms with Gasteiger partial charge < -0.3 is 9.47 Å². The summed E-state index contributed by atoms with van der Waals surface area (Å²) < 4.78 is 10.8. The molecule has 0 heterocycles. The van der Waals surface area contributed by atoms with E-state index in [0.717, 1.165) is 30.4 Å². The van der Waals surface area contributed by atoms with E-state index in [9.17, 15) is 9.59 Å². The van der Waals surface area contributed by atoms with Crippen LogP contribution >= 0.6 is 0 Å². The van der Waals surface area contributed by atoms with Gasteiger partial charge >= 0.3 is 11.9 Å². The molecule has 23 heavy (non-hydrogen) atoms. The van der Waals surface area contributed by atoms with Gasteiger partial charge in [0, 0.05) is 0 Å². The van der Waals surface area contributed by atoms with E-state index in [-0.39, 0.29) is 17.9 Å². The molecule has 0 aliphatic heterocycles. The predicted octanol–water partition coefficient (Wildman–Crippen LogP) is 3.97. The summed E-state index contributed by atoms with van der Waals surface area (Å²) in [5.41, 5.74) is 2.24. The Labute approximate surface area is 138 Å². The third-order valence-corrected chi connectivity index (χ3v) is 4.52. The highest BCUT2D eigenvalue weighted by Gasteiger charge is 2.38. The van der Waals surface area contributed by atoms with Gasteiger partial charge in [-0.3, -0.25) is 9.59 Å². The number of carbonyl (C=O) groups excluding carboxylic acids is 2. The number of benzene rings is 1. The van der Waals surface area contributed by atoms with Crippen molar-refractivity contribution in [2.24, 2.45) is 11.8 Å². The molecule has 0 saturated heterocycles. The first-order chi connectivity index (χ1) is 11.0. The van der Waals surface area contributed by atoms with Crippen molar-refractivity contribution in [2.75, 3.05) is 6.61 Å². The fourth-order valence-corrected chi connectivity index (χ4v) is 2.97. The molecular formula is C19H26O4. The van der Waals surface area contributed by atoms with Crippen LogP contribution in [0.3, 0.4) is 0 Å². The maximum absolute atomic E-state index is 12.5. The maximum Gasteiger partial charge on any atom is 0.315 e. The van der Waals surface area contributed by atoms with Gasteiger partial charge in [0.15, 0.2) is 0 Å². The normalized spacial score (nSPS) is 20.8. The molecule has 2 unspecified atom stereocenters. The molecule has 1 aromatic rings. The smallest absolute Gasteiger partial charge is 0.315 e. The lowest BCUT2D eigenvalue weighted by atomic mass is 9.79. The van der Waals surface area contributed by atoms with E-state index in [2.05, 4.69) is 0 Å². The third kappa shape index (κ3) is 4.57. The fourth-order valence-electron chi connectivity index (χ4n) is 2.97. The number of ether oxygens (including phenoxy) is 2. The van der Waals surface area contributed by atoms with Gasteiger partial charge in [0.05, 0.1) is 18.4 Å². The number of esters is 2. The van der Waals surface area contributed by atoms with Gasteiger partial charge in [0.2, 0.25) is 0 Å². The number of hydrogen-bond acceptors (Lipinski definition) is 4. The molecule has 4 nitrogen and oxygen atoms in total. The molecule has 0 amide bonds. The van der Waals surface area contributed by atoms with Crippen molar-refractivity contribution >= 4 is 11.9 Å². The minimum Gasteiger partial charge on any atom is -0.465 e. The Morgan fingerprint density at radius 1 is 1.04 bits per heavy atom. The first-order valence-electron chi connectivity index (χ1n) is 8.48. The lowest BCUT2D eigenvalue weighted by molar-refractivity contribution is -0.158. The second-order valence-corrected chi connectivity index (χ2v) is 6.33. The lowest BCUT2D eigenvalue weighted by Gasteiger charge is -2.28. The highest BCUT2D eigenvalue weighted by atomic mass is 16.5. The standard InChI is InChI=1S/C19H26O4/c1-4-11-22-18(20)16-7-5-6-8-17(16)19(21)23-15-10-9-13(2)14(3)12-15/h9-10,12,16-17H,4-8,11H2,1-3H3. The van der Waals surface area contributed by atoms with Crippen LogP contribution in [0.15, 0.2) is 18.2 Å². The van der Waals surface area contributed by atoms with Gasteiger partial charge in [0.25, 0.3) is 0 Å². The molecular weight excluding hydrogens is 292 g/mol. The van der Waals surface area contributed by atoms with Gasteiger partial charge in [-0.25, -0.2) is 0 Å². The van der Waals surface area contributed by atoms with E-state index < -0.39 is 5.92 Å². The quantitative estimate of drug-likeness (QED) is 0.609. The third-order valence-electron chi connectivity index (χ3n) is 4.52. The van der Waals surface area contributed by atoms with E-state index in [1.165, 1.54) is 0 Å². The van der Waals surface area contributed by atoms with Crippen LogP contribution in [0, 0.1) is 25.7 Å². The maximum atomic E-state index is 12.5. The predicted molar refractivity (Wildman–Crippen MR) is 88.2 cm³/mol. The SMILES string of the molecule is CCCOC(=O)C1CCCCC1C(=O)Oc1ccc(C)c(C)c1. The summed E-state index contributed by atoms with van der Waals surface area (Å²) in [5.74, 6) is -0.784. The molecule has 4 heteroatoms. The van der Waals surface area contributed by atoms with E-state index in [4.69, 9.17) is 9.47 Å². The van der Waals surface area contributed by atoms with Crippen LogP contribution in [0.5, 0.6) is 5.75 Å². The van der Waals surface area contributed by atoms with E-state index in [0.29, 0.717) is 25.2 Å². The molecule has 0 aromatic heterocycles. The Bertz CT molecular complexity index is 564. The summed E-state index contributed by atoms with van der Waals surface area (Å²) in [4.78, 5) is 24.7. The van der Waals surface area contributed by atoms with Crippen molar-refractivity contribution < 1.29 is 19.1 Å². The number of rotatable bonds is 5. The topological polar surface area (TPSA) is 52.6 Å². The first-order valence-corrected chi connectivity index (χ1v) is 8.48. The Balaban J connectivity index is 2.05. The fraction of sp³-hybridized carbons (Fsp3) is 0.579. The van der Waals surface area contributed by atoms with Crippen molar-refractivity contribution in [3.05, 3.63) is 29.3 Å². The van der Waals surface area contributed by atoms with Crippen LogP contribution in [0.25, 0.3) is 0 Å². The zero-order valence-corrected chi connectivity index (χ0v) is 14.3. The molecule has 2 rings (SSSR count). The summed E-state index contributed by atoms with van der Waals surface area (Å²) in [5, 5.41) is 0. The number of hydrogen-bond donors (Lipinski definition) is 0. The van der Waals surface area contributed by atoms with Gasteiger partial charge in [-0.1, -0.05) is 25.8 Å². The van der Waals surface area contributed by atoms with Crippen LogP contribution < -0.4 is 4.74 Å². The van der Waals surface area contributed by atoms with Crippen LogP contribution in [-0.4, -0.2) is 18.5 Å². The van der Waals surface area contributed by atoms with E-state index in [1.54, 1.807) is 6.07 Å². The van der Waals surface area contributed by atoms with Crippen molar-refractivity contribution in [3.63, 3.8) is 0 Å². The first kappa shape index (κ1) is 17.5. The Hall–Kier alpha value is -1.84. The molecule has 1 fully saturated rings. The lowest BCUT2D eigenvalue weighted by Crippen LogP contribution is -2.36. The van der Waals surface area contributed by atoms with Gasteiger partial charge in [-0.05, 0) is 56.4 Å². The molecule has 1 aliphatic rings. The summed E-state index contributed by atoms with van der Waals surface area (Å²) in [7, 11) is 0. The second-order valence-electron chi connectivity index (χ2n) is 6.33. The average Bonchev–Trinajstić information content (AvgIpc) is 2.56. The Morgan fingerprint density at radius 2 is 1.70 bits per heavy atom. The molecule has 2 atom stereocenters. The van der Waals surface area contributed by atoms with Crippen LogP contribution in [0.2, 0.25) is 0 Å². The van der Waals surface area contributed by atoms with Gasteiger partial charge in [-0.15, -0.1) is 0 Å². The largest absolute Gasteiger partial charge is 0.465 e. The van der Waals surface area contributed by atoms with E-state index in [1.807, 2.05) is 32.9 Å². The van der Waals surface area contributed by atoms with Crippen LogP contribution in [0.4, 0.5) is 0 Å². The molecule has 126 valence electrons. The van der Waals surface area contributed by atoms with Gasteiger partial charge in [0.1, 0.15) is 5.75 Å². The highest BCUT2D eigenvalue weighted by Crippen LogP contribution is 2.32. The summed E-state index contributed by atoms with van der Waals surface area (Å²) in [6, 6.07) is 5.60. The zero-order valence-electron chi connectivity index (χ0n) is 14.3. The van der Waals surface area contributed by atoms with Crippen molar-refractivity contribution in [1.29, 1.82) is 0 Å². The van der Waals surface area contributed by atoms with Crippen molar-refractivity contribution in [2.45, 2.75) is 52.9 Å². The molecule has 0 bridgehead atoms. The summed E-state index contributed by atoms with van der Waals surface area (Å²) >= 11 is 0. The molecule has 1 aromatic carbocycles. The molecule has 1 saturated carbocycles.